The highest BCUT2D eigenvalue weighted by molar-refractivity contribution is 6.03. The molecule has 0 saturated heterocycles. The zero-order valence-corrected chi connectivity index (χ0v) is 8.96. The third-order valence-electron chi connectivity index (χ3n) is 2.20. The first kappa shape index (κ1) is 11.0. The van der Waals surface area contributed by atoms with Gasteiger partial charge in [0.2, 0.25) is 0 Å². The summed E-state index contributed by atoms with van der Waals surface area (Å²) in [5.41, 5.74) is 1.02. The Hall–Kier alpha value is -2.49. The first-order valence-corrected chi connectivity index (χ1v) is 5.07. The van der Waals surface area contributed by atoms with Crippen LogP contribution in [-0.4, -0.2) is 17.2 Å². The number of amides is 1. The molecule has 2 aromatic rings. The average molecular weight is 226 g/mol. The van der Waals surface area contributed by atoms with Crippen LogP contribution in [0.5, 0.6) is 0 Å². The monoisotopic (exact) mass is 226 g/mol. The predicted molar refractivity (Wildman–Crippen MR) is 64.0 cm³/mol. The average Bonchev–Trinajstić information content (AvgIpc) is 2.40. The van der Waals surface area contributed by atoms with Crippen LogP contribution >= 0.6 is 0 Å². The van der Waals surface area contributed by atoms with Gasteiger partial charge in [0.05, 0.1) is 0 Å². The van der Waals surface area contributed by atoms with E-state index in [-0.39, 0.29) is 5.91 Å². The molecule has 1 amide bonds. The Bertz CT molecular complexity index is 538. The van der Waals surface area contributed by atoms with Crippen LogP contribution in [0.3, 0.4) is 0 Å². The van der Waals surface area contributed by atoms with Crippen molar-refractivity contribution in [2.24, 2.45) is 0 Å². The number of benzene rings is 1. The molecule has 1 N–H and O–H groups in total. The molecule has 2 rings (SSSR count). The topological polar surface area (TPSA) is 59.1 Å². The first-order chi connectivity index (χ1) is 8.29. The summed E-state index contributed by atoms with van der Waals surface area (Å²) in [7, 11) is 0. The summed E-state index contributed by atoms with van der Waals surface area (Å²) < 4.78 is 0. The van der Waals surface area contributed by atoms with Crippen molar-refractivity contribution in [1.82, 2.24) is 4.98 Å². The molecule has 0 aliphatic carbocycles. The minimum atomic E-state index is -0.249. The van der Waals surface area contributed by atoms with Crippen LogP contribution in [0, 0.1) is 0 Å². The molecule has 4 heteroatoms. The summed E-state index contributed by atoms with van der Waals surface area (Å²) in [4.78, 5) is 26.3. The molecule has 0 spiro atoms. The van der Waals surface area contributed by atoms with E-state index in [1.165, 1.54) is 12.3 Å². The molecule has 0 atom stereocenters. The van der Waals surface area contributed by atoms with Gasteiger partial charge >= 0.3 is 0 Å². The summed E-state index contributed by atoms with van der Waals surface area (Å²) in [5.74, 6) is 0.115. The van der Waals surface area contributed by atoms with Gasteiger partial charge in [0, 0.05) is 17.3 Å². The lowest BCUT2D eigenvalue weighted by Gasteiger charge is -2.04. The SMILES string of the molecule is O=Cc1ccnc(NC(=O)c2ccccc2)c1. The predicted octanol–water partition coefficient (Wildman–Crippen LogP) is 2.15. The molecule has 84 valence electrons. The molecule has 0 aliphatic rings. The number of anilines is 1. The Labute approximate surface area is 98.3 Å². The lowest BCUT2D eigenvalue weighted by molar-refractivity contribution is 0.102. The fourth-order valence-corrected chi connectivity index (χ4v) is 1.37. The maximum Gasteiger partial charge on any atom is 0.256 e. The highest BCUT2D eigenvalue weighted by atomic mass is 16.1. The minimum absolute atomic E-state index is 0.249. The molecular formula is C13H10N2O2. The van der Waals surface area contributed by atoms with Crippen molar-refractivity contribution in [2.75, 3.05) is 5.32 Å². The first-order valence-electron chi connectivity index (χ1n) is 5.07. The van der Waals surface area contributed by atoms with Crippen LogP contribution in [0.4, 0.5) is 5.82 Å². The smallest absolute Gasteiger partial charge is 0.256 e. The van der Waals surface area contributed by atoms with Crippen molar-refractivity contribution in [3.8, 4) is 0 Å². The summed E-state index contributed by atoms with van der Waals surface area (Å²) in [6.07, 6.45) is 2.18. The Morgan fingerprint density at radius 1 is 1.18 bits per heavy atom. The van der Waals surface area contributed by atoms with E-state index in [0.29, 0.717) is 23.2 Å². The number of aromatic nitrogens is 1. The number of nitrogens with zero attached hydrogens (tertiary/aromatic N) is 1. The molecule has 0 fully saturated rings. The molecule has 1 aromatic carbocycles. The van der Waals surface area contributed by atoms with Gasteiger partial charge in [-0.1, -0.05) is 18.2 Å². The zero-order valence-electron chi connectivity index (χ0n) is 8.96. The van der Waals surface area contributed by atoms with Crippen molar-refractivity contribution in [3.63, 3.8) is 0 Å². The van der Waals surface area contributed by atoms with E-state index < -0.39 is 0 Å². The fraction of sp³-hybridized carbons (Fsp3) is 0. The van der Waals surface area contributed by atoms with Gasteiger partial charge in [0.1, 0.15) is 12.1 Å². The van der Waals surface area contributed by atoms with Crippen LogP contribution in [-0.2, 0) is 0 Å². The van der Waals surface area contributed by atoms with Crippen molar-refractivity contribution in [2.45, 2.75) is 0 Å². The van der Waals surface area contributed by atoms with Crippen molar-refractivity contribution < 1.29 is 9.59 Å². The Balaban J connectivity index is 2.16. The van der Waals surface area contributed by atoms with Crippen molar-refractivity contribution in [3.05, 3.63) is 59.8 Å². The Morgan fingerprint density at radius 2 is 1.94 bits per heavy atom. The van der Waals surface area contributed by atoms with Gasteiger partial charge in [0.25, 0.3) is 5.91 Å². The summed E-state index contributed by atoms with van der Waals surface area (Å²) in [5, 5.41) is 2.62. The largest absolute Gasteiger partial charge is 0.307 e. The van der Waals surface area contributed by atoms with E-state index in [1.54, 1.807) is 30.3 Å². The minimum Gasteiger partial charge on any atom is -0.307 e. The fourth-order valence-electron chi connectivity index (χ4n) is 1.37. The summed E-state index contributed by atoms with van der Waals surface area (Å²) in [6.45, 7) is 0. The second-order valence-electron chi connectivity index (χ2n) is 3.41. The number of rotatable bonds is 3. The van der Waals surface area contributed by atoms with Crippen molar-refractivity contribution >= 4 is 18.0 Å². The molecule has 4 nitrogen and oxygen atoms in total. The van der Waals surface area contributed by atoms with E-state index >= 15 is 0 Å². The summed E-state index contributed by atoms with van der Waals surface area (Å²) in [6, 6.07) is 11.9. The van der Waals surface area contributed by atoms with E-state index in [9.17, 15) is 9.59 Å². The third-order valence-corrected chi connectivity index (χ3v) is 2.20. The number of pyridine rings is 1. The second-order valence-corrected chi connectivity index (χ2v) is 3.41. The molecule has 17 heavy (non-hydrogen) atoms. The molecule has 0 radical (unpaired) electrons. The quantitative estimate of drug-likeness (QED) is 0.816. The van der Waals surface area contributed by atoms with Gasteiger partial charge in [-0.15, -0.1) is 0 Å². The van der Waals surface area contributed by atoms with Gasteiger partial charge in [-0.05, 0) is 24.3 Å². The molecule has 0 saturated carbocycles. The number of carbonyl (C=O) groups is 2. The molecular weight excluding hydrogens is 216 g/mol. The highest BCUT2D eigenvalue weighted by Gasteiger charge is 2.05. The summed E-state index contributed by atoms with van der Waals surface area (Å²) >= 11 is 0. The molecule has 0 bridgehead atoms. The molecule has 0 unspecified atom stereocenters. The van der Waals surface area contributed by atoms with Crippen LogP contribution in [0.25, 0.3) is 0 Å². The zero-order chi connectivity index (χ0) is 12.1. The number of hydrogen-bond acceptors (Lipinski definition) is 3. The number of hydrogen-bond donors (Lipinski definition) is 1. The molecule has 1 heterocycles. The maximum absolute atomic E-state index is 11.8. The Kier molecular flexibility index (Phi) is 3.25. The molecule has 0 aliphatic heterocycles. The standard InChI is InChI=1S/C13H10N2O2/c16-9-10-6-7-14-12(8-10)15-13(17)11-4-2-1-3-5-11/h1-9H,(H,14,15,17). The maximum atomic E-state index is 11.8. The second kappa shape index (κ2) is 5.03. The van der Waals surface area contributed by atoms with E-state index in [0.717, 1.165) is 0 Å². The van der Waals surface area contributed by atoms with Crippen LogP contribution < -0.4 is 5.32 Å². The van der Waals surface area contributed by atoms with E-state index in [2.05, 4.69) is 10.3 Å². The van der Waals surface area contributed by atoms with Gasteiger partial charge in [-0.25, -0.2) is 4.98 Å². The third kappa shape index (κ3) is 2.75. The van der Waals surface area contributed by atoms with E-state index in [1.807, 2.05) is 6.07 Å². The number of aldehydes is 1. The highest BCUT2D eigenvalue weighted by Crippen LogP contribution is 2.07. The van der Waals surface area contributed by atoms with Gasteiger partial charge in [0.15, 0.2) is 0 Å². The van der Waals surface area contributed by atoms with Crippen LogP contribution in [0.15, 0.2) is 48.7 Å². The van der Waals surface area contributed by atoms with Crippen molar-refractivity contribution in [1.29, 1.82) is 0 Å². The van der Waals surface area contributed by atoms with E-state index in [4.69, 9.17) is 0 Å². The number of carbonyl (C=O) groups excluding carboxylic acids is 2. The van der Waals surface area contributed by atoms with Crippen LogP contribution in [0.2, 0.25) is 0 Å². The van der Waals surface area contributed by atoms with Gasteiger partial charge in [-0.3, -0.25) is 9.59 Å². The van der Waals surface area contributed by atoms with Gasteiger partial charge < -0.3 is 5.32 Å². The van der Waals surface area contributed by atoms with Crippen LogP contribution in [0.1, 0.15) is 20.7 Å². The number of nitrogens with one attached hydrogen (secondary N) is 1. The normalized spacial score (nSPS) is 9.65. The Morgan fingerprint density at radius 3 is 2.65 bits per heavy atom. The molecule has 1 aromatic heterocycles. The van der Waals surface area contributed by atoms with Gasteiger partial charge in [-0.2, -0.15) is 0 Å². The lowest BCUT2D eigenvalue weighted by Crippen LogP contribution is -2.12. The lowest BCUT2D eigenvalue weighted by atomic mass is 10.2.